The van der Waals surface area contributed by atoms with Crippen LogP contribution in [0.4, 0.5) is 11.6 Å². The highest BCUT2D eigenvalue weighted by Gasteiger charge is 2.16. The number of hydrogen-bond donors (Lipinski definition) is 2. The summed E-state index contributed by atoms with van der Waals surface area (Å²) >= 11 is 0. The van der Waals surface area contributed by atoms with Crippen molar-refractivity contribution in [2.45, 2.75) is 38.6 Å². The maximum atomic E-state index is 5.68. The summed E-state index contributed by atoms with van der Waals surface area (Å²) in [6, 6.07) is 2.27. The van der Waals surface area contributed by atoms with E-state index < -0.39 is 0 Å². The second-order valence-electron chi connectivity index (χ2n) is 5.47. The van der Waals surface area contributed by atoms with Gasteiger partial charge in [0.15, 0.2) is 0 Å². The molecular formula is C14H25N5. The molecule has 1 aliphatic rings. The van der Waals surface area contributed by atoms with E-state index in [1.165, 1.54) is 25.7 Å². The monoisotopic (exact) mass is 263 g/mol. The number of likely N-dealkylation sites (N-methyl/N-ethyl adjacent to an activating group) is 1. The summed E-state index contributed by atoms with van der Waals surface area (Å²) in [4.78, 5) is 10.6. The van der Waals surface area contributed by atoms with Crippen molar-refractivity contribution in [1.29, 1.82) is 0 Å². The van der Waals surface area contributed by atoms with Crippen LogP contribution in [0.25, 0.3) is 0 Å². The molecule has 1 aromatic heterocycles. The molecule has 5 nitrogen and oxygen atoms in total. The third kappa shape index (κ3) is 3.80. The van der Waals surface area contributed by atoms with Crippen LogP contribution >= 0.6 is 0 Å². The van der Waals surface area contributed by atoms with E-state index >= 15 is 0 Å². The predicted molar refractivity (Wildman–Crippen MR) is 79.4 cm³/mol. The number of rotatable bonds is 7. The summed E-state index contributed by atoms with van der Waals surface area (Å²) < 4.78 is 0. The quantitative estimate of drug-likeness (QED) is 0.786. The van der Waals surface area contributed by atoms with Gasteiger partial charge in [-0.1, -0.05) is 19.3 Å². The van der Waals surface area contributed by atoms with Gasteiger partial charge in [-0.2, -0.15) is 0 Å². The summed E-state index contributed by atoms with van der Waals surface area (Å²) in [7, 11) is 2.01. The Labute approximate surface area is 115 Å². The number of nitrogens with one attached hydrogen (secondary N) is 1. The van der Waals surface area contributed by atoms with Crippen molar-refractivity contribution in [3.05, 3.63) is 12.4 Å². The molecule has 3 N–H and O–H groups in total. The normalized spacial score (nSPS) is 16.8. The van der Waals surface area contributed by atoms with Gasteiger partial charge in [0.1, 0.15) is 18.0 Å². The fraction of sp³-hybridized carbons (Fsp3) is 0.714. The third-order valence-electron chi connectivity index (χ3n) is 4.10. The van der Waals surface area contributed by atoms with Crippen molar-refractivity contribution in [2.75, 3.05) is 30.4 Å². The molecule has 1 heterocycles. The highest BCUT2D eigenvalue weighted by molar-refractivity contribution is 5.48. The zero-order valence-electron chi connectivity index (χ0n) is 12.0. The second-order valence-corrected chi connectivity index (χ2v) is 5.47. The van der Waals surface area contributed by atoms with Crippen LogP contribution in [0.3, 0.4) is 0 Å². The van der Waals surface area contributed by atoms with Crippen LogP contribution in [-0.4, -0.2) is 36.1 Å². The fourth-order valence-electron chi connectivity index (χ4n) is 2.21. The van der Waals surface area contributed by atoms with E-state index in [2.05, 4.69) is 27.1 Å². The summed E-state index contributed by atoms with van der Waals surface area (Å²) in [5.74, 6) is 2.74. The lowest BCUT2D eigenvalue weighted by atomic mass is 9.83. The Morgan fingerprint density at radius 1 is 1.47 bits per heavy atom. The summed E-state index contributed by atoms with van der Waals surface area (Å²) in [5.41, 5.74) is 5.68. The van der Waals surface area contributed by atoms with Gasteiger partial charge in [-0.3, -0.25) is 0 Å². The van der Waals surface area contributed by atoms with Crippen molar-refractivity contribution < 1.29 is 0 Å². The number of nitrogens with two attached hydrogens (primary N) is 1. The number of hydrogen-bond acceptors (Lipinski definition) is 5. The number of nitrogens with zero attached hydrogens (tertiary/aromatic N) is 3. The Morgan fingerprint density at radius 2 is 2.26 bits per heavy atom. The summed E-state index contributed by atoms with van der Waals surface area (Å²) in [6.07, 6.45) is 7.06. The standard InChI is InChI=1S/C14H25N5/c1-11(9-15)19(2)14-8-13(17-10-18-14)16-7-6-12-4-3-5-12/h8,10-12H,3-7,9,15H2,1-2H3,(H,16,17,18). The van der Waals surface area contributed by atoms with Crippen molar-refractivity contribution in [2.24, 2.45) is 11.7 Å². The molecule has 0 amide bonds. The molecular weight excluding hydrogens is 238 g/mol. The maximum Gasteiger partial charge on any atom is 0.134 e. The lowest BCUT2D eigenvalue weighted by Crippen LogP contribution is -2.35. The van der Waals surface area contributed by atoms with E-state index in [0.29, 0.717) is 6.54 Å². The van der Waals surface area contributed by atoms with Crippen LogP contribution < -0.4 is 16.0 Å². The van der Waals surface area contributed by atoms with Crippen LogP contribution in [0.1, 0.15) is 32.6 Å². The molecule has 106 valence electrons. The summed E-state index contributed by atoms with van der Waals surface area (Å²) in [6.45, 7) is 3.70. The maximum absolute atomic E-state index is 5.68. The molecule has 1 aromatic rings. The zero-order chi connectivity index (χ0) is 13.7. The van der Waals surface area contributed by atoms with Crippen molar-refractivity contribution >= 4 is 11.6 Å². The van der Waals surface area contributed by atoms with Crippen molar-refractivity contribution in [3.63, 3.8) is 0 Å². The van der Waals surface area contributed by atoms with Gasteiger partial charge in [-0.05, 0) is 19.3 Å². The van der Waals surface area contributed by atoms with Gasteiger partial charge < -0.3 is 16.0 Å². The highest BCUT2D eigenvalue weighted by atomic mass is 15.2. The first-order valence-electron chi connectivity index (χ1n) is 7.19. The highest BCUT2D eigenvalue weighted by Crippen LogP contribution is 2.29. The van der Waals surface area contributed by atoms with Crippen LogP contribution in [0.5, 0.6) is 0 Å². The van der Waals surface area contributed by atoms with E-state index in [9.17, 15) is 0 Å². The van der Waals surface area contributed by atoms with E-state index in [0.717, 1.165) is 24.1 Å². The first-order chi connectivity index (χ1) is 9.20. The molecule has 2 rings (SSSR count). The van der Waals surface area contributed by atoms with Gasteiger partial charge in [0, 0.05) is 32.2 Å². The molecule has 19 heavy (non-hydrogen) atoms. The average Bonchev–Trinajstić information content (AvgIpc) is 2.40. The van der Waals surface area contributed by atoms with Crippen molar-refractivity contribution in [1.82, 2.24) is 9.97 Å². The number of anilines is 2. The first-order valence-corrected chi connectivity index (χ1v) is 7.19. The molecule has 0 bridgehead atoms. The van der Waals surface area contributed by atoms with Gasteiger partial charge >= 0.3 is 0 Å². The SMILES string of the molecule is CC(CN)N(C)c1cc(NCCC2CCC2)ncn1. The third-order valence-corrected chi connectivity index (χ3v) is 4.10. The molecule has 0 spiro atoms. The first kappa shape index (κ1) is 14.1. The lowest BCUT2D eigenvalue weighted by molar-refractivity contribution is 0.303. The van der Waals surface area contributed by atoms with Crippen LogP contribution in [0, 0.1) is 5.92 Å². The van der Waals surface area contributed by atoms with Crippen LogP contribution in [-0.2, 0) is 0 Å². The van der Waals surface area contributed by atoms with Gasteiger partial charge in [0.05, 0.1) is 0 Å². The number of aromatic nitrogens is 2. The van der Waals surface area contributed by atoms with E-state index in [-0.39, 0.29) is 6.04 Å². The smallest absolute Gasteiger partial charge is 0.134 e. The molecule has 0 saturated heterocycles. The van der Waals surface area contributed by atoms with Gasteiger partial charge in [-0.25, -0.2) is 9.97 Å². The lowest BCUT2D eigenvalue weighted by Gasteiger charge is -2.26. The Balaban J connectivity index is 1.86. The average molecular weight is 263 g/mol. The minimum absolute atomic E-state index is 0.276. The Kier molecular flexibility index (Phi) is 4.96. The Hall–Kier alpha value is -1.36. The van der Waals surface area contributed by atoms with E-state index in [1.807, 2.05) is 13.1 Å². The van der Waals surface area contributed by atoms with Gasteiger partial charge in [0.2, 0.25) is 0 Å². The Morgan fingerprint density at radius 3 is 2.89 bits per heavy atom. The molecule has 1 unspecified atom stereocenters. The molecule has 0 radical (unpaired) electrons. The molecule has 0 aliphatic heterocycles. The minimum Gasteiger partial charge on any atom is -0.370 e. The van der Waals surface area contributed by atoms with Crippen LogP contribution in [0.2, 0.25) is 0 Å². The summed E-state index contributed by atoms with van der Waals surface area (Å²) in [5, 5.41) is 3.39. The molecule has 1 saturated carbocycles. The predicted octanol–water partition coefficient (Wildman–Crippen LogP) is 1.86. The minimum atomic E-state index is 0.276. The molecule has 1 aliphatic carbocycles. The van der Waals surface area contributed by atoms with E-state index in [4.69, 9.17) is 5.73 Å². The molecule has 0 aromatic carbocycles. The van der Waals surface area contributed by atoms with Crippen molar-refractivity contribution in [3.8, 4) is 0 Å². The van der Waals surface area contributed by atoms with Gasteiger partial charge in [-0.15, -0.1) is 0 Å². The second kappa shape index (κ2) is 6.70. The molecule has 5 heteroatoms. The van der Waals surface area contributed by atoms with Gasteiger partial charge in [0.25, 0.3) is 0 Å². The Bertz CT molecular complexity index is 391. The largest absolute Gasteiger partial charge is 0.370 e. The topological polar surface area (TPSA) is 67.1 Å². The van der Waals surface area contributed by atoms with Crippen LogP contribution in [0.15, 0.2) is 12.4 Å². The molecule has 1 fully saturated rings. The fourth-order valence-corrected chi connectivity index (χ4v) is 2.21. The molecule has 1 atom stereocenters. The zero-order valence-corrected chi connectivity index (χ0v) is 12.0. The van der Waals surface area contributed by atoms with E-state index in [1.54, 1.807) is 6.33 Å².